The number of rotatable bonds is 7. The van der Waals surface area contributed by atoms with E-state index in [2.05, 4.69) is 10.6 Å². The van der Waals surface area contributed by atoms with Crippen molar-refractivity contribution in [3.05, 3.63) is 0 Å². The van der Waals surface area contributed by atoms with Crippen LogP contribution in [0.25, 0.3) is 0 Å². The molecule has 0 heterocycles. The van der Waals surface area contributed by atoms with E-state index in [1.807, 2.05) is 20.8 Å². The lowest BCUT2D eigenvalue weighted by atomic mass is 10.1. The van der Waals surface area contributed by atoms with Crippen LogP contribution < -0.4 is 16.4 Å². The highest BCUT2D eigenvalue weighted by Gasteiger charge is 2.11. The first-order valence-electron chi connectivity index (χ1n) is 5.80. The molecule has 0 aliphatic carbocycles. The predicted molar refractivity (Wildman–Crippen MR) is 63.8 cm³/mol. The average Bonchev–Trinajstić information content (AvgIpc) is 2.16. The molecular formula is C11H23N3O2. The van der Waals surface area contributed by atoms with Crippen LogP contribution in [-0.2, 0) is 9.59 Å². The number of nitrogens with two attached hydrogens (primary N) is 1. The zero-order valence-electron chi connectivity index (χ0n) is 10.4. The normalized spacial score (nSPS) is 12.3. The second-order valence-electron chi connectivity index (χ2n) is 4.16. The molecule has 0 aliphatic rings. The minimum absolute atomic E-state index is 0.0561. The predicted octanol–water partition coefficient (Wildman–Crippen LogP) is 0.145. The molecule has 0 radical (unpaired) electrons. The van der Waals surface area contributed by atoms with Crippen molar-refractivity contribution in [1.82, 2.24) is 10.6 Å². The molecule has 0 unspecified atom stereocenters. The monoisotopic (exact) mass is 229 g/mol. The summed E-state index contributed by atoms with van der Waals surface area (Å²) in [6.07, 6.45) is 1.84. The van der Waals surface area contributed by atoms with Crippen molar-refractivity contribution < 1.29 is 9.59 Å². The first-order chi connectivity index (χ1) is 7.47. The van der Waals surface area contributed by atoms with Gasteiger partial charge in [-0.1, -0.05) is 13.3 Å². The number of nitrogens with one attached hydrogen (secondary N) is 2. The smallest absolute Gasteiger partial charge is 0.236 e. The molecule has 2 amide bonds. The fraction of sp³-hybridized carbons (Fsp3) is 0.818. The molecular weight excluding hydrogens is 206 g/mol. The Hall–Kier alpha value is -1.10. The van der Waals surface area contributed by atoms with Gasteiger partial charge in [-0.2, -0.15) is 0 Å². The first-order valence-corrected chi connectivity index (χ1v) is 5.80. The summed E-state index contributed by atoms with van der Waals surface area (Å²) in [6, 6.07) is -0.330. The molecule has 1 atom stereocenters. The zero-order chi connectivity index (χ0) is 12.6. The third-order valence-corrected chi connectivity index (χ3v) is 2.04. The maximum atomic E-state index is 11.4. The van der Waals surface area contributed by atoms with E-state index in [0.717, 1.165) is 6.42 Å². The molecule has 0 aromatic carbocycles. The molecule has 5 nitrogen and oxygen atoms in total. The maximum absolute atomic E-state index is 11.4. The SMILES string of the molecule is CCC[C@H](N)C(=O)NCCC(=O)NC(C)C. The molecule has 5 heteroatoms. The lowest BCUT2D eigenvalue weighted by Crippen LogP contribution is -2.42. The van der Waals surface area contributed by atoms with Gasteiger partial charge in [0.25, 0.3) is 0 Å². The van der Waals surface area contributed by atoms with Crippen LogP contribution in [0.4, 0.5) is 0 Å². The number of hydrogen-bond donors (Lipinski definition) is 3. The third-order valence-electron chi connectivity index (χ3n) is 2.04. The Bertz CT molecular complexity index is 229. The van der Waals surface area contributed by atoms with Crippen LogP contribution >= 0.6 is 0 Å². The van der Waals surface area contributed by atoms with E-state index in [0.29, 0.717) is 19.4 Å². The summed E-state index contributed by atoms with van der Waals surface area (Å²) in [5.41, 5.74) is 5.61. The summed E-state index contributed by atoms with van der Waals surface area (Å²) in [5.74, 6) is -0.237. The van der Waals surface area contributed by atoms with E-state index in [-0.39, 0.29) is 17.9 Å². The van der Waals surface area contributed by atoms with Crippen molar-refractivity contribution in [3.63, 3.8) is 0 Å². The third kappa shape index (κ3) is 7.23. The van der Waals surface area contributed by atoms with Gasteiger partial charge in [0.05, 0.1) is 6.04 Å². The molecule has 0 saturated heterocycles. The Morgan fingerprint density at radius 2 is 1.94 bits per heavy atom. The largest absolute Gasteiger partial charge is 0.354 e. The Balaban J connectivity index is 3.65. The van der Waals surface area contributed by atoms with Crippen molar-refractivity contribution in [3.8, 4) is 0 Å². The van der Waals surface area contributed by atoms with Crippen molar-refractivity contribution in [2.45, 2.75) is 52.1 Å². The number of hydrogen-bond acceptors (Lipinski definition) is 3. The second-order valence-corrected chi connectivity index (χ2v) is 4.16. The van der Waals surface area contributed by atoms with Gasteiger partial charge < -0.3 is 16.4 Å². The number of carbonyl (C=O) groups is 2. The summed E-state index contributed by atoms with van der Waals surface area (Å²) < 4.78 is 0. The first kappa shape index (κ1) is 14.9. The lowest BCUT2D eigenvalue weighted by molar-refractivity contribution is -0.123. The topological polar surface area (TPSA) is 84.2 Å². The van der Waals surface area contributed by atoms with Crippen LogP contribution in [-0.4, -0.2) is 30.4 Å². The van der Waals surface area contributed by atoms with E-state index in [9.17, 15) is 9.59 Å². The molecule has 16 heavy (non-hydrogen) atoms. The fourth-order valence-electron chi connectivity index (χ4n) is 1.27. The number of carbonyl (C=O) groups excluding carboxylic acids is 2. The minimum atomic E-state index is -0.460. The van der Waals surface area contributed by atoms with Crippen molar-refractivity contribution in [1.29, 1.82) is 0 Å². The quantitative estimate of drug-likeness (QED) is 0.581. The highest BCUT2D eigenvalue weighted by atomic mass is 16.2. The Morgan fingerprint density at radius 3 is 2.44 bits per heavy atom. The Morgan fingerprint density at radius 1 is 1.31 bits per heavy atom. The molecule has 0 rings (SSSR count). The van der Waals surface area contributed by atoms with Gasteiger partial charge in [-0.15, -0.1) is 0 Å². The van der Waals surface area contributed by atoms with Crippen LogP contribution in [0.3, 0.4) is 0 Å². The standard InChI is InChI=1S/C11H23N3O2/c1-4-5-9(12)11(16)13-7-6-10(15)14-8(2)3/h8-9H,4-7,12H2,1-3H3,(H,13,16)(H,14,15)/t9-/m0/s1. The summed E-state index contributed by atoms with van der Waals surface area (Å²) in [4.78, 5) is 22.6. The van der Waals surface area contributed by atoms with Gasteiger partial charge in [0.2, 0.25) is 11.8 Å². The van der Waals surface area contributed by atoms with Crippen LogP contribution in [0, 0.1) is 0 Å². The van der Waals surface area contributed by atoms with E-state index in [4.69, 9.17) is 5.73 Å². The molecule has 0 fully saturated rings. The molecule has 94 valence electrons. The molecule has 0 bridgehead atoms. The molecule has 0 aromatic rings. The van der Waals surface area contributed by atoms with Gasteiger partial charge in [0.15, 0.2) is 0 Å². The van der Waals surface area contributed by atoms with Crippen LogP contribution in [0.15, 0.2) is 0 Å². The zero-order valence-corrected chi connectivity index (χ0v) is 10.4. The molecule has 0 saturated carbocycles. The van der Waals surface area contributed by atoms with Crippen LogP contribution in [0.5, 0.6) is 0 Å². The fourth-order valence-corrected chi connectivity index (χ4v) is 1.27. The molecule has 4 N–H and O–H groups in total. The van der Waals surface area contributed by atoms with E-state index in [1.165, 1.54) is 0 Å². The second kappa shape index (κ2) is 8.10. The van der Waals surface area contributed by atoms with Crippen LogP contribution in [0.2, 0.25) is 0 Å². The highest BCUT2D eigenvalue weighted by Crippen LogP contribution is 1.92. The lowest BCUT2D eigenvalue weighted by Gasteiger charge is -2.12. The molecule has 0 spiro atoms. The Labute approximate surface area is 97.2 Å². The van der Waals surface area contributed by atoms with E-state index >= 15 is 0 Å². The summed E-state index contributed by atoms with van der Waals surface area (Å²) in [5, 5.41) is 5.40. The van der Waals surface area contributed by atoms with E-state index < -0.39 is 6.04 Å². The average molecular weight is 229 g/mol. The summed E-state index contributed by atoms with van der Waals surface area (Å²) in [6.45, 7) is 6.11. The van der Waals surface area contributed by atoms with Crippen molar-refractivity contribution in [2.75, 3.05) is 6.54 Å². The van der Waals surface area contributed by atoms with Crippen molar-refractivity contribution in [2.24, 2.45) is 5.73 Å². The van der Waals surface area contributed by atoms with Gasteiger partial charge in [-0.25, -0.2) is 0 Å². The number of amides is 2. The molecule has 0 aromatic heterocycles. The van der Waals surface area contributed by atoms with Crippen molar-refractivity contribution >= 4 is 11.8 Å². The summed E-state index contributed by atoms with van der Waals surface area (Å²) >= 11 is 0. The van der Waals surface area contributed by atoms with Gasteiger partial charge in [-0.3, -0.25) is 9.59 Å². The van der Waals surface area contributed by atoms with Gasteiger partial charge in [0.1, 0.15) is 0 Å². The minimum Gasteiger partial charge on any atom is -0.354 e. The van der Waals surface area contributed by atoms with Gasteiger partial charge in [0, 0.05) is 19.0 Å². The van der Waals surface area contributed by atoms with Gasteiger partial charge >= 0.3 is 0 Å². The molecule has 0 aliphatic heterocycles. The highest BCUT2D eigenvalue weighted by molar-refractivity contribution is 5.82. The maximum Gasteiger partial charge on any atom is 0.236 e. The Kier molecular flexibility index (Phi) is 7.54. The van der Waals surface area contributed by atoms with Crippen LogP contribution in [0.1, 0.15) is 40.0 Å². The van der Waals surface area contributed by atoms with Gasteiger partial charge in [-0.05, 0) is 20.3 Å². The van der Waals surface area contributed by atoms with E-state index in [1.54, 1.807) is 0 Å². The summed E-state index contributed by atoms with van der Waals surface area (Å²) in [7, 11) is 0.